The van der Waals surface area contributed by atoms with Crippen molar-refractivity contribution < 1.29 is 28.1 Å². The Morgan fingerprint density at radius 2 is 0.768 bits per heavy atom. The Morgan fingerprint density at radius 3 is 1.07 bits per heavy atom. The van der Waals surface area contributed by atoms with Crippen molar-refractivity contribution in [2.45, 2.75) is 39.9 Å². The molecule has 0 aliphatic rings. The van der Waals surface area contributed by atoms with E-state index >= 15 is 0 Å². The smallest absolute Gasteiger partial charge is 0.342 e. The Kier molecular flexibility index (Phi) is 10.5. The largest absolute Gasteiger partial charge is 0.459 e. The minimum Gasteiger partial charge on any atom is -0.459 e. The van der Waals surface area contributed by atoms with Gasteiger partial charge < -0.3 is 18.5 Å². The summed E-state index contributed by atoms with van der Waals surface area (Å²) >= 11 is 0. The molecular formula is C44H40N4O6P2. The number of hydrogen-bond acceptors (Lipinski definition) is 6. The van der Waals surface area contributed by atoms with Crippen molar-refractivity contribution in [3.63, 3.8) is 0 Å². The summed E-state index contributed by atoms with van der Waals surface area (Å²) in [7, 11) is -3.30. The maximum Gasteiger partial charge on any atom is 0.342 e. The van der Waals surface area contributed by atoms with Crippen molar-refractivity contribution in [1.29, 1.82) is 0 Å². The molecule has 0 aliphatic heterocycles. The number of esters is 2. The van der Waals surface area contributed by atoms with Gasteiger partial charge >= 0.3 is 28.8 Å². The molecule has 0 saturated carbocycles. The third-order valence-corrected chi connectivity index (χ3v) is 12.2. The molecule has 0 unspecified atom stereocenters. The van der Waals surface area contributed by atoms with Crippen molar-refractivity contribution in [1.82, 2.24) is 17.4 Å². The van der Waals surface area contributed by atoms with Crippen molar-refractivity contribution in [2.75, 3.05) is 0 Å². The van der Waals surface area contributed by atoms with Crippen LogP contribution >= 0.6 is 16.9 Å². The van der Waals surface area contributed by atoms with Crippen LogP contribution in [0.25, 0.3) is 32.7 Å². The normalized spacial score (nSPS) is 11.6. The van der Waals surface area contributed by atoms with Gasteiger partial charge in [0.15, 0.2) is 11.5 Å². The quantitative estimate of drug-likeness (QED) is 0.0854. The summed E-state index contributed by atoms with van der Waals surface area (Å²) in [5.41, 5.74) is 1.63. The van der Waals surface area contributed by atoms with Crippen LogP contribution in [-0.2, 0) is 9.47 Å². The Hall–Kier alpha value is -6.08. The third-order valence-electron chi connectivity index (χ3n) is 8.87. The Morgan fingerprint density at radius 1 is 0.464 bits per heavy atom. The van der Waals surface area contributed by atoms with Crippen molar-refractivity contribution >= 4 is 50.4 Å². The topological polar surface area (TPSA) is 90.8 Å². The van der Waals surface area contributed by atoms with Crippen molar-refractivity contribution in [3.05, 3.63) is 170 Å². The highest BCUT2D eigenvalue weighted by Crippen LogP contribution is 2.55. The molecule has 0 spiro atoms. The summed E-state index contributed by atoms with van der Waals surface area (Å²) < 4.78 is 34.3. The molecule has 0 atom stereocenters. The zero-order valence-corrected chi connectivity index (χ0v) is 33.1. The summed E-state index contributed by atoms with van der Waals surface area (Å²) in [6.45, 7) is 7.28. The van der Waals surface area contributed by atoms with Crippen LogP contribution in [0.1, 0.15) is 48.4 Å². The van der Waals surface area contributed by atoms with Crippen molar-refractivity contribution in [3.8, 4) is 22.6 Å². The number of ether oxygens (including phenoxy) is 2. The standard InChI is InChI=1S/C44H40N4O6P2/c1-31(2)51-43(49)37-29-33-17-5-7-19-35(33)39(41(37)53-55(45-21-9-10-22-45)46-23-11-12-24-46)40-36-20-8-6-18-34(36)30-38(44(50)52-32(3)4)42(40)54-56(47-25-13-14-26-47)48-27-15-16-28-48/h5-32H,1-4H3. The predicted molar refractivity (Wildman–Crippen MR) is 222 cm³/mol. The first-order valence-corrected chi connectivity index (χ1v) is 20.6. The summed E-state index contributed by atoms with van der Waals surface area (Å²) in [5.74, 6) is -0.501. The highest BCUT2D eigenvalue weighted by Gasteiger charge is 2.33. The molecule has 0 N–H and O–H groups in total. The number of hydrogen-bond donors (Lipinski definition) is 0. The lowest BCUT2D eigenvalue weighted by atomic mass is 9.88. The van der Waals surface area contributed by atoms with Gasteiger partial charge in [0, 0.05) is 60.7 Å². The van der Waals surface area contributed by atoms with Gasteiger partial charge in [0.2, 0.25) is 0 Å². The lowest BCUT2D eigenvalue weighted by Gasteiger charge is -2.28. The second-order valence-electron chi connectivity index (χ2n) is 13.5. The molecule has 56 heavy (non-hydrogen) atoms. The van der Waals surface area contributed by atoms with E-state index in [0.717, 1.165) is 21.5 Å². The number of aromatic nitrogens is 4. The summed E-state index contributed by atoms with van der Waals surface area (Å²) in [5, 5.41) is 3.13. The van der Waals surface area contributed by atoms with Gasteiger partial charge in [-0.25, -0.2) is 9.59 Å². The van der Waals surface area contributed by atoms with Crippen LogP contribution in [0.15, 0.2) is 159 Å². The molecule has 0 amide bonds. The first-order chi connectivity index (χ1) is 27.3. The summed E-state index contributed by atoms with van der Waals surface area (Å²) in [4.78, 5) is 28.7. The van der Waals surface area contributed by atoms with Gasteiger partial charge in [-0.2, -0.15) is 0 Å². The maximum atomic E-state index is 14.4. The van der Waals surface area contributed by atoms with Crippen LogP contribution in [0.5, 0.6) is 11.5 Å². The molecule has 4 aromatic heterocycles. The molecule has 0 saturated heterocycles. The minimum atomic E-state index is -1.65. The fraction of sp³-hybridized carbons (Fsp3) is 0.136. The molecule has 0 bridgehead atoms. The second kappa shape index (κ2) is 16.0. The summed E-state index contributed by atoms with van der Waals surface area (Å²) in [6.07, 6.45) is 14.7. The zero-order valence-electron chi connectivity index (χ0n) is 31.3. The first-order valence-electron chi connectivity index (χ1n) is 18.3. The van der Waals surface area contributed by atoms with Gasteiger partial charge in [0.05, 0.1) is 12.2 Å². The van der Waals surface area contributed by atoms with E-state index in [0.29, 0.717) is 22.6 Å². The molecule has 0 aliphatic carbocycles. The SMILES string of the molecule is CC(C)OC(=O)c1cc2ccccc2c(-c2c(OP(n3cccc3)n3cccc3)c(C(=O)OC(C)C)cc3ccccc23)c1OP(n1cccc1)n1cccc1. The van der Waals surface area contributed by atoms with E-state index in [2.05, 4.69) is 0 Å². The van der Waals surface area contributed by atoms with Crippen LogP contribution in [-0.4, -0.2) is 41.5 Å². The number of nitrogens with zero attached hydrogens (tertiary/aromatic N) is 4. The van der Waals surface area contributed by atoms with E-state index in [1.165, 1.54) is 0 Å². The predicted octanol–water partition coefficient (Wildman–Crippen LogP) is 11.4. The minimum absolute atomic E-state index is 0.238. The van der Waals surface area contributed by atoms with E-state index in [-0.39, 0.29) is 11.1 Å². The van der Waals surface area contributed by atoms with Crippen LogP contribution < -0.4 is 9.05 Å². The number of carbonyl (C=O) groups excluding carboxylic acids is 2. The number of rotatable bonds is 13. The van der Waals surface area contributed by atoms with Gasteiger partial charge in [-0.3, -0.25) is 17.4 Å². The second-order valence-corrected chi connectivity index (χ2v) is 16.8. The van der Waals surface area contributed by atoms with E-state index in [1.807, 2.05) is 204 Å². The average Bonchev–Trinajstić information content (AvgIpc) is 4.04. The Labute approximate surface area is 327 Å². The fourth-order valence-corrected chi connectivity index (χ4v) is 9.64. The van der Waals surface area contributed by atoms with E-state index in [9.17, 15) is 9.59 Å². The van der Waals surface area contributed by atoms with E-state index in [1.54, 1.807) is 0 Å². The van der Waals surface area contributed by atoms with E-state index < -0.39 is 41.0 Å². The molecule has 4 aromatic carbocycles. The van der Waals surface area contributed by atoms with Gasteiger partial charge in [0.1, 0.15) is 11.1 Å². The summed E-state index contributed by atoms with van der Waals surface area (Å²) in [6, 6.07) is 34.8. The Bertz CT molecular complexity index is 2350. The highest BCUT2D eigenvalue weighted by atomic mass is 31.2. The lowest BCUT2D eigenvalue weighted by molar-refractivity contribution is 0.0365. The maximum absolute atomic E-state index is 14.4. The van der Waals surface area contributed by atoms with E-state index in [4.69, 9.17) is 18.5 Å². The molecular weight excluding hydrogens is 742 g/mol. The average molecular weight is 783 g/mol. The number of fused-ring (bicyclic) bond motifs is 2. The first kappa shape index (κ1) is 36.9. The zero-order chi connectivity index (χ0) is 38.8. The lowest BCUT2D eigenvalue weighted by Crippen LogP contribution is -2.16. The molecule has 12 heteroatoms. The molecule has 4 heterocycles. The van der Waals surface area contributed by atoms with Crippen LogP contribution in [0.2, 0.25) is 0 Å². The van der Waals surface area contributed by atoms with Gasteiger partial charge in [-0.05, 0) is 110 Å². The molecule has 0 radical (unpaired) electrons. The van der Waals surface area contributed by atoms with Gasteiger partial charge in [0.25, 0.3) is 0 Å². The van der Waals surface area contributed by atoms with Crippen molar-refractivity contribution in [2.24, 2.45) is 0 Å². The molecule has 10 nitrogen and oxygen atoms in total. The fourth-order valence-electron chi connectivity index (χ4n) is 6.55. The van der Waals surface area contributed by atoms with Gasteiger partial charge in [-0.1, -0.05) is 48.5 Å². The monoisotopic (exact) mass is 782 g/mol. The molecule has 0 fully saturated rings. The number of carbonyl (C=O) groups is 2. The third kappa shape index (κ3) is 7.34. The molecule has 8 rings (SSSR count). The molecule has 282 valence electrons. The molecule has 8 aromatic rings. The van der Waals surface area contributed by atoms with Gasteiger partial charge in [-0.15, -0.1) is 0 Å². The van der Waals surface area contributed by atoms with Crippen LogP contribution in [0.4, 0.5) is 0 Å². The highest BCUT2D eigenvalue weighted by molar-refractivity contribution is 7.50. The van der Waals surface area contributed by atoms with Crippen LogP contribution in [0.3, 0.4) is 0 Å². The Balaban J connectivity index is 1.51. The number of benzene rings is 4. The van der Waals surface area contributed by atoms with Crippen LogP contribution in [0, 0.1) is 0 Å².